The number of amides is 1. The lowest BCUT2D eigenvalue weighted by atomic mass is 9.71. The van der Waals surface area contributed by atoms with Crippen molar-refractivity contribution in [3.8, 4) is 11.8 Å². The molecule has 0 N–H and O–H groups in total. The second kappa shape index (κ2) is 8.47. The number of aromatic nitrogens is 4. The zero-order chi connectivity index (χ0) is 23.0. The smallest absolute Gasteiger partial charge is 0.259 e. The van der Waals surface area contributed by atoms with E-state index in [9.17, 15) is 4.79 Å². The number of carbonyl (C=O) groups excluding carboxylic acids is 1. The molecule has 0 radical (unpaired) electrons. The number of nitrogens with zero attached hydrogens (tertiary/aromatic N) is 6. The van der Waals surface area contributed by atoms with Crippen molar-refractivity contribution in [2.45, 2.75) is 12.5 Å². The molecule has 172 valence electrons. The van der Waals surface area contributed by atoms with Gasteiger partial charge in [-0.25, -0.2) is 0 Å². The van der Waals surface area contributed by atoms with Crippen LogP contribution in [0, 0.1) is 5.41 Å². The third-order valence-corrected chi connectivity index (χ3v) is 6.79. The van der Waals surface area contributed by atoms with Gasteiger partial charge in [-0.3, -0.25) is 9.69 Å². The topological polar surface area (TPSA) is 85.6 Å². The van der Waals surface area contributed by atoms with Crippen molar-refractivity contribution >= 4 is 5.91 Å². The summed E-state index contributed by atoms with van der Waals surface area (Å²) in [6.07, 6.45) is 1.75. The summed E-state index contributed by atoms with van der Waals surface area (Å²) in [5.41, 5.74) is 1.67. The normalized spacial score (nSPS) is 19.5. The Balaban J connectivity index is 1.37. The molecule has 3 aromatic rings. The van der Waals surface area contributed by atoms with Gasteiger partial charge < -0.3 is 18.9 Å². The minimum absolute atomic E-state index is 0.0572. The van der Waals surface area contributed by atoms with Crippen LogP contribution < -0.4 is 9.47 Å². The van der Waals surface area contributed by atoms with Gasteiger partial charge in [0.1, 0.15) is 17.7 Å². The molecule has 0 bridgehead atoms. The number of hydrogen-bond donors (Lipinski definition) is 0. The van der Waals surface area contributed by atoms with E-state index in [2.05, 4.69) is 44.3 Å². The number of hydrogen-bond acceptors (Lipinski definition) is 7. The van der Waals surface area contributed by atoms with Crippen molar-refractivity contribution in [2.24, 2.45) is 12.5 Å². The highest BCUT2D eigenvalue weighted by Gasteiger charge is 2.57. The number of benzene rings is 1. The standard InChI is InChI=1S/C24H28N6O3/c1-28-16-25-27-21(28)19-12-29(11-17-7-5-4-6-8-17)13-24(19)14-30(15-24)23(31)18-9-10-20(32-2)26-22(18)33-3/h4-10,16,19H,11-15H2,1-3H3. The van der Waals surface area contributed by atoms with E-state index in [1.54, 1.807) is 18.5 Å². The van der Waals surface area contributed by atoms with E-state index in [1.807, 2.05) is 22.6 Å². The summed E-state index contributed by atoms with van der Waals surface area (Å²) in [6, 6.07) is 13.9. The van der Waals surface area contributed by atoms with Gasteiger partial charge in [0.05, 0.1) is 14.2 Å². The molecule has 9 heteroatoms. The van der Waals surface area contributed by atoms with Crippen LogP contribution in [0.4, 0.5) is 0 Å². The largest absolute Gasteiger partial charge is 0.481 e. The lowest BCUT2D eigenvalue weighted by Gasteiger charge is -2.50. The van der Waals surface area contributed by atoms with Crippen LogP contribution >= 0.6 is 0 Å². The lowest BCUT2D eigenvalue weighted by Crippen LogP contribution is -2.61. The van der Waals surface area contributed by atoms with Crippen LogP contribution in [-0.4, -0.2) is 75.9 Å². The summed E-state index contributed by atoms with van der Waals surface area (Å²) >= 11 is 0. The third kappa shape index (κ3) is 3.82. The van der Waals surface area contributed by atoms with Crippen molar-refractivity contribution in [1.82, 2.24) is 29.5 Å². The van der Waals surface area contributed by atoms with E-state index in [4.69, 9.17) is 9.47 Å². The van der Waals surface area contributed by atoms with Gasteiger partial charge in [-0.1, -0.05) is 30.3 Å². The molecule has 1 amide bonds. The van der Waals surface area contributed by atoms with Crippen LogP contribution in [0.2, 0.25) is 0 Å². The molecule has 1 atom stereocenters. The molecule has 2 aliphatic rings. The first-order valence-electron chi connectivity index (χ1n) is 11.0. The van der Waals surface area contributed by atoms with Crippen LogP contribution in [-0.2, 0) is 13.6 Å². The molecule has 4 heterocycles. The van der Waals surface area contributed by atoms with E-state index in [0.29, 0.717) is 24.5 Å². The fourth-order valence-electron chi connectivity index (χ4n) is 5.20. The van der Waals surface area contributed by atoms with Gasteiger partial charge in [-0.2, -0.15) is 4.98 Å². The fourth-order valence-corrected chi connectivity index (χ4v) is 5.20. The van der Waals surface area contributed by atoms with E-state index in [1.165, 1.54) is 19.8 Å². The molecule has 1 spiro atoms. The Morgan fingerprint density at radius 3 is 2.55 bits per heavy atom. The lowest BCUT2D eigenvalue weighted by molar-refractivity contribution is 0.00114. The Kier molecular flexibility index (Phi) is 5.49. The van der Waals surface area contributed by atoms with E-state index in [0.717, 1.165) is 25.5 Å². The molecule has 2 saturated heterocycles. The van der Waals surface area contributed by atoms with E-state index in [-0.39, 0.29) is 23.1 Å². The van der Waals surface area contributed by atoms with Crippen molar-refractivity contribution in [1.29, 1.82) is 0 Å². The number of pyridine rings is 1. The maximum absolute atomic E-state index is 13.3. The highest BCUT2D eigenvalue weighted by Crippen LogP contribution is 2.49. The minimum atomic E-state index is -0.0779. The van der Waals surface area contributed by atoms with E-state index >= 15 is 0 Å². The Morgan fingerprint density at radius 2 is 1.88 bits per heavy atom. The van der Waals surface area contributed by atoms with Gasteiger partial charge in [-0.15, -0.1) is 10.2 Å². The molecule has 1 aromatic carbocycles. The van der Waals surface area contributed by atoms with Gasteiger partial charge >= 0.3 is 0 Å². The van der Waals surface area contributed by atoms with Gasteiger partial charge in [0.15, 0.2) is 0 Å². The molecular formula is C24H28N6O3. The first-order valence-corrected chi connectivity index (χ1v) is 11.0. The Hall–Kier alpha value is -3.46. The summed E-state index contributed by atoms with van der Waals surface area (Å²) in [4.78, 5) is 21.9. The summed E-state index contributed by atoms with van der Waals surface area (Å²) in [6.45, 7) is 3.98. The number of aryl methyl sites for hydroxylation is 1. The number of rotatable bonds is 6. The molecule has 2 aliphatic heterocycles. The third-order valence-electron chi connectivity index (χ3n) is 6.79. The maximum atomic E-state index is 13.3. The highest BCUT2D eigenvalue weighted by atomic mass is 16.5. The summed E-state index contributed by atoms with van der Waals surface area (Å²) in [5.74, 6) is 1.79. The van der Waals surface area contributed by atoms with Crippen molar-refractivity contribution in [3.63, 3.8) is 0 Å². The van der Waals surface area contributed by atoms with Gasteiger partial charge in [0, 0.05) is 57.2 Å². The van der Waals surface area contributed by atoms with Crippen molar-refractivity contribution in [2.75, 3.05) is 40.4 Å². The summed E-state index contributed by atoms with van der Waals surface area (Å²) < 4.78 is 12.5. The van der Waals surface area contributed by atoms with Gasteiger partial charge in [0.25, 0.3) is 5.91 Å². The van der Waals surface area contributed by atoms with Gasteiger partial charge in [-0.05, 0) is 11.6 Å². The van der Waals surface area contributed by atoms with Crippen LogP contribution in [0.3, 0.4) is 0 Å². The predicted octanol–water partition coefficient (Wildman–Crippen LogP) is 1.97. The molecule has 2 fully saturated rings. The molecule has 0 saturated carbocycles. The second-order valence-electron chi connectivity index (χ2n) is 8.94. The average molecular weight is 449 g/mol. The number of ether oxygens (including phenoxy) is 2. The molecule has 1 unspecified atom stereocenters. The van der Waals surface area contributed by atoms with Gasteiger partial charge in [0.2, 0.25) is 11.8 Å². The van der Waals surface area contributed by atoms with Crippen molar-refractivity contribution in [3.05, 3.63) is 65.7 Å². The van der Waals surface area contributed by atoms with Crippen LogP contribution in [0.1, 0.15) is 27.7 Å². The molecule has 2 aromatic heterocycles. The predicted molar refractivity (Wildman–Crippen MR) is 121 cm³/mol. The van der Waals surface area contributed by atoms with Crippen LogP contribution in [0.5, 0.6) is 11.8 Å². The average Bonchev–Trinajstić information content (AvgIpc) is 3.40. The van der Waals surface area contributed by atoms with Crippen LogP contribution in [0.25, 0.3) is 0 Å². The molecule has 9 nitrogen and oxygen atoms in total. The Bertz CT molecular complexity index is 1140. The second-order valence-corrected chi connectivity index (χ2v) is 8.94. The fraction of sp³-hybridized carbons (Fsp3) is 0.417. The minimum Gasteiger partial charge on any atom is -0.481 e. The van der Waals surface area contributed by atoms with Crippen molar-refractivity contribution < 1.29 is 14.3 Å². The first kappa shape index (κ1) is 21.4. The molecule has 5 rings (SSSR count). The molecule has 33 heavy (non-hydrogen) atoms. The zero-order valence-electron chi connectivity index (χ0n) is 19.1. The first-order chi connectivity index (χ1) is 16.0. The monoisotopic (exact) mass is 448 g/mol. The highest BCUT2D eigenvalue weighted by molar-refractivity contribution is 5.97. The quantitative estimate of drug-likeness (QED) is 0.570. The molecule has 0 aliphatic carbocycles. The maximum Gasteiger partial charge on any atom is 0.259 e. The SMILES string of the molecule is COc1ccc(C(=O)N2CC3(CN(Cc4ccccc4)CC3c3nncn3C)C2)c(OC)n1. The zero-order valence-corrected chi connectivity index (χ0v) is 19.1. The number of carbonyl (C=O) groups is 1. The Labute approximate surface area is 193 Å². The number of methoxy groups -OCH3 is 2. The summed E-state index contributed by atoms with van der Waals surface area (Å²) in [5, 5.41) is 8.55. The molecular weight excluding hydrogens is 420 g/mol. The summed E-state index contributed by atoms with van der Waals surface area (Å²) in [7, 11) is 5.04. The van der Waals surface area contributed by atoms with E-state index < -0.39 is 0 Å². The van der Waals surface area contributed by atoms with Crippen LogP contribution in [0.15, 0.2) is 48.8 Å². The number of likely N-dealkylation sites (tertiary alicyclic amines) is 2. The Morgan fingerprint density at radius 1 is 1.09 bits per heavy atom.